The molecule has 2 rings (SSSR count). The molecule has 0 aromatic heterocycles. The summed E-state index contributed by atoms with van der Waals surface area (Å²) in [4.78, 5) is 7.02. The molecule has 0 amide bonds. The first-order chi connectivity index (χ1) is 13.0. The Balaban J connectivity index is 0.00000392. The number of likely N-dealkylation sites (tertiary alicyclic amines) is 1. The van der Waals surface area contributed by atoms with Crippen molar-refractivity contribution in [2.24, 2.45) is 10.9 Å². The lowest BCUT2D eigenvalue weighted by Gasteiger charge is -2.34. The minimum absolute atomic E-state index is 0. The molecule has 1 fully saturated rings. The van der Waals surface area contributed by atoms with Crippen molar-refractivity contribution in [3.05, 3.63) is 35.9 Å². The van der Waals surface area contributed by atoms with Crippen LogP contribution in [0.5, 0.6) is 0 Å². The maximum absolute atomic E-state index is 11.4. The van der Waals surface area contributed by atoms with E-state index in [0.29, 0.717) is 19.5 Å². The monoisotopic (exact) mass is 522 g/mol. The molecule has 1 aromatic carbocycles. The molecule has 0 atom stereocenters. The normalized spacial score (nSPS) is 15.9. The van der Waals surface area contributed by atoms with Crippen LogP contribution in [0.1, 0.15) is 38.7 Å². The first-order valence-corrected chi connectivity index (χ1v) is 11.7. The number of nitrogens with zero attached hydrogens (tertiary/aromatic N) is 2. The smallest absolute Gasteiger partial charge is 0.211 e. The number of nitrogens with one attached hydrogen (secondary N) is 2. The molecule has 1 heterocycles. The molecule has 1 aromatic rings. The van der Waals surface area contributed by atoms with Crippen LogP contribution in [0.3, 0.4) is 0 Å². The first-order valence-electron chi connectivity index (χ1n) is 10.1. The van der Waals surface area contributed by atoms with Gasteiger partial charge in [-0.1, -0.05) is 30.3 Å². The second kappa shape index (κ2) is 13.4. The van der Waals surface area contributed by atoms with Gasteiger partial charge in [0.05, 0.1) is 5.75 Å². The van der Waals surface area contributed by atoms with E-state index in [1.54, 1.807) is 6.92 Å². The number of benzene rings is 1. The molecule has 0 saturated carbocycles. The fourth-order valence-electron chi connectivity index (χ4n) is 3.32. The van der Waals surface area contributed by atoms with Crippen molar-refractivity contribution >= 4 is 40.0 Å². The predicted molar refractivity (Wildman–Crippen MR) is 128 cm³/mol. The van der Waals surface area contributed by atoms with Gasteiger partial charge in [0, 0.05) is 32.7 Å². The van der Waals surface area contributed by atoms with Gasteiger partial charge in [0.15, 0.2) is 5.96 Å². The molecule has 1 aliphatic heterocycles. The maximum atomic E-state index is 11.4. The van der Waals surface area contributed by atoms with E-state index in [1.807, 2.05) is 0 Å². The van der Waals surface area contributed by atoms with Crippen LogP contribution in [0, 0.1) is 5.92 Å². The van der Waals surface area contributed by atoms with Gasteiger partial charge >= 0.3 is 0 Å². The molecule has 0 unspecified atom stereocenters. The van der Waals surface area contributed by atoms with Gasteiger partial charge in [0.2, 0.25) is 10.0 Å². The molecule has 6 nitrogen and oxygen atoms in total. The van der Waals surface area contributed by atoms with Crippen molar-refractivity contribution in [1.29, 1.82) is 0 Å². The summed E-state index contributed by atoms with van der Waals surface area (Å²) in [5.41, 5.74) is 1.42. The van der Waals surface area contributed by atoms with E-state index in [-0.39, 0.29) is 29.7 Å². The Morgan fingerprint density at radius 2 is 1.86 bits per heavy atom. The summed E-state index contributed by atoms with van der Waals surface area (Å²) >= 11 is 0. The van der Waals surface area contributed by atoms with Gasteiger partial charge < -0.3 is 10.2 Å². The molecule has 2 N–H and O–H groups in total. The van der Waals surface area contributed by atoms with Gasteiger partial charge in [-0.3, -0.25) is 4.99 Å². The lowest BCUT2D eigenvalue weighted by Crippen LogP contribution is -2.46. The van der Waals surface area contributed by atoms with E-state index in [2.05, 4.69) is 57.2 Å². The first kappa shape index (κ1) is 25.2. The standard InChI is InChI=1S/C20H34N4O2S.HI/c1-3-21-20(22-13-8-14-23-27(25,26)4-2)24-15-11-19(12-16-24)17-18-9-6-5-7-10-18;/h5-7,9-10,19,23H,3-4,8,11-17H2,1-2H3,(H,21,22);1H. The highest BCUT2D eigenvalue weighted by molar-refractivity contribution is 14.0. The molecule has 0 radical (unpaired) electrons. The second-order valence-corrected chi connectivity index (χ2v) is 9.10. The van der Waals surface area contributed by atoms with Gasteiger partial charge in [0.25, 0.3) is 0 Å². The number of hydrogen-bond acceptors (Lipinski definition) is 3. The largest absolute Gasteiger partial charge is 0.357 e. The Morgan fingerprint density at radius 1 is 1.18 bits per heavy atom. The van der Waals surface area contributed by atoms with Gasteiger partial charge in [-0.15, -0.1) is 24.0 Å². The number of sulfonamides is 1. The minimum atomic E-state index is -3.11. The molecule has 0 bridgehead atoms. The topological polar surface area (TPSA) is 73.8 Å². The van der Waals surface area contributed by atoms with Crippen LogP contribution in [0.15, 0.2) is 35.3 Å². The van der Waals surface area contributed by atoms with Crippen LogP contribution in [0.4, 0.5) is 0 Å². The van der Waals surface area contributed by atoms with E-state index < -0.39 is 10.0 Å². The number of aliphatic imine (C=N–C) groups is 1. The Morgan fingerprint density at radius 3 is 2.46 bits per heavy atom. The fourth-order valence-corrected chi connectivity index (χ4v) is 3.98. The number of halogens is 1. The fraction of sp³-hybridized carbons (Fsp3) is 0.650. The lowest BCUT2D eigenvalue weighted by molar-refractivity contribution is 0.259. The zero-order chi connectivity index (χ0) is 19.5. The molecule has 28 heavy (non-hydrogen) atoms. The van der Waals surface area contributed by atoms with Crippen molar-refractivity contribution in [3.63, 3.8) is 0 Å². The van der Waals surface area contributed by atoms with Gasteiger partial charge in [-0.05, 0) is 51.0 Å². The number of piperidine rings is 1. The Labute approximate surface area is 187 Å². The molecule has 1 aliphatic rings. The van der Waals surface area contributed by atoms with E-state index >= 15 is 0 Å². The maximum Gasteiger partial charge on any atom is 0.211 e. The minimum Gasteiger partial charge on any atom is -0.357 e. The lowest BCUT2D eigenvalue weighted by atomic mass is 9.90. The Kier molecular flexibility index (Phi) is 12.0. The third-order valence-corrected chi connectivity index (χ3v) is 6.32. The summed E-state index contributed by atoms with van der Waals surface area (Å²) in [7, 11) is -3.11. The highest BCUT2D eigenvalue weighted by atomic mass is 127. The summed E-state index contributed by atoms with van der Waals surface area (Å²) in [5, 5.41) is 3.37. The average Bonchev–Trinajstić information content (AvgIpc) is 2.68. The van der Waals surface area contributed by atoms with E-state index in [9.17, 15) is 8.42 Å². The van der Waals surface area contributed by atoms with E-state index in [4.69, 9.17) is 0 Å². The number of hydrogen-bond donors (Lipinski definition) is 2. The molecule has 0 aliphatic carbocycles. The average molecular weight is 522 g/mol. The molecule has 8 heteroatoms. The predicted octanol–water partition coefficient (Wildman–Crippen LogP) is 2.85. The molecule has 1 saturated heterocycles. The van der Waals surface area contributed by atoms with Crippen LogP contribution >= 0.6 is 24.0 Å². The highest BCUT2D eigenvalue weighted by Gasteiger charge is 2.21. The van der Waals surface area contributed by atoms with Crippen LogP contribution in [0.25, 0.3) is 0 Å². The van der Waals surface area contributed by atoms with Gasteiger partial charge in [-0.2, -0.15) is 0 Å². The van der Waals surface area contributed by atoms with Crippen LogP contribution in [0.2, 0.25) is 0 Å². The van der Waals surface area contributed by atoms with Crippen LogP contribution in [-0.2, 0) is 16.4 Å². The summed E-state index contributed by atoms with van der Waals surface area (Å²) in [5.74, 6) is 1.81. The molecular formula is C20H35IN4O2S. The number of guanidine groups is 1. The number of rotatable bonds is 9. The summed E-state index contributed by atoms with van der Waals surface area (Å²) < 4.78 is 25.5. The zero-order valence-electron chi connectivity index (χ0n) is 17.1. The molecular weight excluding hydrogens is 487 g/mol. The quantitative estimate of drug-likeness (QED) is 0.227. The van der Waals surface area contributed by atoms with E-state index in [0.717, 1.165) is 37.9 Å². The second-order valence-electron chi connectivity index (χ2n) is 7.01. The van der Waals surface area contributed by atoms with Crippen molar-refractivity contribution in [1.82, 2.24) is 14.9 Å². The van der Waals surface area contributed by atoms with E-state index in [1.165, 1.54) is 18.4 Å². The Bertz CT molecular complexity index is 675. The third-order valence-electron chi connectivity index (χ3n) is 4.91. The third kappa shape index (κ3) is 9.09. The summed E-state index contributed by atoms with van der Waals surface area (Å²) in [6.45, 7) is 7.66. The highest BCUT2D eigenvalue weighted by Crippen LogP contribution is 2.21. The Hall–Kier alpha value is -0.870. The zero-order valence-corrected chi connectivity index (χ0v) is 20.2. The van der Waals surface area contributed by atoms with Crippen LogP contribution in [-0.4, -0.2) is 57.8 Å². The summed E-state index contributed by atoms with van der Waals surface area (Å²) in [6, 6.07) is 10.7. The van der Waals surface area contributed by atoms with Crippen molar-refractivity contribution < 1.29 is 8.42 Å². The molecule has 160 valence electrons. The van der Waals surface area contributed by atoms with Crippen LogP contribution < -0.4 is 10.0 Å². The SMILES string of the molecule is CCNC(=NCCCNS(=O)(=O)CC)N1CCC(Cc2ccccc2)CC1.I. The summed E-state index contributed by atoms with van der Waals surface area (Å²) in [6.07, 6.45) is 4.21. The van der Waals surface area contributed by atoms with Crippen molar-refractivity contribution in [3.8, 4) is 0 Å². The molecule has 0 spiro atoms. The van der Waals surface area contributed by atoms with Crippen molar-refractivity contribution in [2.45, 2.75) is 39.5 Å². The van der Waals surface area contributed by atoms with Gasteiger partial charge in [0.1, 0.15) is 0 Å². The van der Waals surface area contributed by atoms with Gasteiger partial charge in [-0.25, -0.2) is 13.1 Å². The van der Waals surface area contributed by atoms with Crippen molar-refractivity contribution in [2.75, 3.05) is 38.5 Å².